The minimum atomic E-state index is -0.00347. The quantitative estimate of drug-likeness (QED) is 0.562. The van der Waals surface area contributed by atoms with E-state index in [-0.39, 0.29) is 11.3 Å². The van der Waals surface area contributed by atoms with E-state index in [1.807, 2.05) is 0 Å². The van der Waals surface area contributed by atoms with Crippen LogP contribution in [0.4, 0.5) is 0 Å². The molecule has 0 atom stereocenters. The summed E-state index contributed by atoms with van der Waals surface area (Å²) in [4.78, 5) is 11.0. The molecule has 0 aromatic heterocycles. The topological polar surface area (TPSA) is 43.1 Å². The summed E-state index contributed by atoms with van der Waals surface area (Å²) in [5.74, 6) is 2.10. The van der Waals surface area contributed by atoms with Crippen molar-refractivity contribution in [2.45, 2.75) is 19.3 Å². The Labute approximate surface area is 59.8 Å². The molecule has 2 N–H and O–H groups in total. The Morgan fingerprint density at radius 2 is 1.60 bits per heavy atom. The number of nitrogens with two attached hydrogens (primary N) is 1. The first-order valence-corrected chi connectivity index (χ1v) is 4.06. The maximum absolute atomic E-state index is 11.0. The summed E-state index contributed by atoms with van der Waals surface area (Å²) in [5, 5.41) is 0. The summed E-state index contributed by atoms with van der Waals surface area (Å²) in [6.07, 6.45) is 3.87. The van der Waals surface area contributed by atoms with Gasteiger partial charge in [-0.15, -0.1) is 0 Å². The Morgan fingerprint density at radius 3 is 1.70 bits per heavy atom. The van der Waals surface area contributed by atoms with E-state index < -0.39 is 0 Å². The van der Waals surface area contributed by atoms with Gasteiger partial charge in [-0.1, -0.05) is 0 Å². The van der Waals surface area contributed by atoms with Crippen LogP contribution in [0.1, 0.15) is 19.3 Å². The van der Waals surface area contributed by atoms with Gasteiger partial charge in [-0.05, 0) is 37.0 Å². The van der Waals surface area contributed by atoms with Crippen LogP contribution in [0.5, 0.6) is 0 Å². The number of carbonyl (C=O) groups excluding carboxylic acids is 1. The maximum atomic E-state index is 11.0. The molecule has 0 unspecified atom stereocenters. The predicted molar refractivity (Wildman–Crippen MR) is 35.9 cm³/mol. The van der Waals surface area contributed by atoms with Crippen LogP contribution in [0.25, 0.3) is 0 Å². The zero-order valence-electron chi connectivity index (χ0n) is 5.84. The number of primary amides is 1. The summed E-state index contributed by atoms with van der Waals surface area (Å²) >= 11 is 0. The van der Waals surface area contributed by atoms with Crippen molar-refractivity contribution in [1.29, 1.82) is 0 Å². The predicted octanol–water partition coefficient (Wildman–Crippen LogP) is 0.518. The van der Waals surface area contributed by atoms with Crippen LogP contribution in [0.2, 0.25) is 0 Å². The lowest BCUT2D eigenvalue weighted by Crippen LogP contribution is -2.76. The van der Waals surface area contributed by atoms with Crippen molar-refractivity contribution < 1.29 is 4.79 Å². The van der Waals surface area contributed by atoms with Gasteiger partial charge >= 0.3 is 0 Å². The molecule has 2 heteroatoms. The van der Waals surface area contributed by atoms with Gasteiger partial charge in [0.1, 0.15) is 0 Å². The van der Waals surface area contributed by atoms with Crippen molar-refractivity contribution in [2.24, 2.45) is 28.9 Å². The molecule has 3 aliphatic carbocycles. The summed E-state index contributed by atoms with van der Waals surface area (Å²) in [6.45, 7) is 0. The van der Waals surface area contributed by atoms with Crippen molar-refractivity contribution in [2.75, 3.05) is 0 Å². The fourth-order valence-corrected chi connectivity index (χ4v) is 3.61. The first-order valence-electron chi connectivity index (χ1n) is 4.06. The molecule has 0 aromatic rings. The third-order valence-corrected chi connectivity index (χ3v) is 4.16. The summed E-state index contributed by atoms with van der Waals surface area (Å²) in [6, 6.07) is 0. The molecule has 3 saturated carbocycles. The average molecular weight is 137 g/mol. The SMILES string of the molecule is NC(=O)C12C3CC1CC2C3. The van der Waals surface area contributed by atoms with Gasteiger partial charge in [-0.25, -0.2) is 0 Å². The molecule has 0 aromatic carbocycles. The zero-order chi connectivity index (χ0) is 6.93. The molecule has 10 heavy (non-hydrogen) atoms. The first-order chi connectivity index (χ1) is 4.76. The fourth-order valence-electron chi connectivity index (χ4n) is 3.61. The molecule has 2 nitrogen and oxygen atoms in total. The molecular formula is C8H11NO. The van der Waals surface area contributed by atoms with Gasteiger partial charge in [-0.2, -0.15) is 0 Å². The van der Waals surface area contributed by atoms with Crippen molar-refractivity contribution in [3.63, 3.8) is 0 Å². The standard InChI is InChI=1S/C8H11NO/c9-7(10)8-4-1-5(8)3-6(8)2-4/h4-6H,1-3H2,(H2,9,10). The number of hydrogen-bond donors (Lipinski definition) is 1. The highest BCUT2D eigenvalue weighted by molar-refractivity contribution is 5.86. The Bertz CT molecular complexity index is 191. The third kappa shape index (κ3) is 0.249. The molecule has 0 spiro atoms. The van der Waals surface area contributed by atoms with Gasteiger partial charge < -0.3 is 5.73 Å². The summed E-state index contributed by atoms with van der Waals surface area (Å²) in [5.41, 5.74) is 5.41. The van der Waals surface area contributed by atoms with E-state index in [2.05, 4.69) is 0 Å². The second-order valence-corrected chi connectivity index (χ2v) is 4.10. The van der Waals surface area contributed by atoms with E-state index in [1.54, 1.807) is 0 Å². The van der Waals surface area contributed by atoms with E-state index in [0.717, 1.165) is 0 Å². The molecule has 3 aliphatic rings. The smallest absolute Gasteiger partial charge is 0.224 e. The molecule has 3 rings (SSSR count). The molecule has 0 aliphatic heterocycles. The van der Waals surface area contributed by atoms with E-state index >= 15 is 0 Å². The third-order valence-electron chi connectivity index (χ3n) is 4.16. The van der Waals surface area contributed by atoms with Crippen LogP contribution in [0.3, 0.4) is 0 Å². The number of hydrogen-bond acceptors (Lipinski definition) is 1. The molecule has 3 fully saturated rings. The normalized spacial score (nSPS) is 61.0. The highest BCUT2D eigenvalue weighted by Crippen LogP contribution is 2.78. The van der Waals surface area contributed by atoms with Crippen molar-refractivity contribution in [3.8, 4) is 0 Å². The number of rotatable bonds is 1. The van der Waals surface area contributed by atoms with E-state index in [4.69, 9.17) is 5.73 Å². The van der Waals surface area contributed by atoms with Crippen LogP contribution in [0, 0.1) is 23.2 Å². The maximum Gasteiger partial charge on any atom is 0.224 e. The van der Waals surface area contributed by atoms with Gasteiger partial charge in [0.15, 0.2) is 0 Å². The zero-order valence-corrected chi connectivity index (χ0v) is 5.84. The molecule has 0 saturated heterocycles. The van der Waals surface area contributed by atoms with Crippen molar-refractivity contribution in [3.05, 3.63) is 0 Å². The van der Waals surface area contributed by atoms with Gasteiger partial charge in [0, 0.05) is 0 Å². The lowest BCUT2D eigenvalue weighted by atomic mass is 9.27. The summed E-state index contributed by atoms with van der Waals surface area (Å²) < 4.78 is 0. The molecule has 1 amide bonds. The van der Waals surface area contributed by atoms with Crippen molar-refractivity contribution >= 4 is 5.91 Å². The highest BCUT2D eigenvalue weighted by Gasteiger charge is 2.76. The van der Waals surface area contributed by atoms with Crippen LogP contribution in [0.15, 0.2) is 0 Å². The van der Waals surface area contributed by atoms with Crippen molar-refractivity contribution in [1.82, 2.24) is 0 Å². The van der Waals surface area contributed by atoms with Crippen LogP contribution >= 0.6 is 0 Å². The Kier molecular flexibility index (Phi) is 0.582. The fraction of sp³-hybridized carbons (Fsp3) is 0.875. The Morgan fingerprint density at radius 1 is 1.20 bits per heavy atom. The number of amides is 1. The minimum absolute atomic E-state index is 0.00347. The molecule has 54 valence electrons. The van der Waals surface area contributed by atoms with E-state index in [1.165, 1.54) is 19.3 Å². The van der Waals surface area contributed by atoms with Crippen LogP contribution < -0.4 is 5.73 Å². The molecule has 0 radical (unpaired) electrons. The summed E-state index contributed by atoms with van der Waals surface area (Å²) in [7, 11) is 0. The van der Waals surface area contributed by atoms with E-state index in [9.17, 15) is 4.79 Å². The lowest BCUT2D eigenvalue weighted by Gasteiger charge is -2.75. The van der Waals surface area contributed by atoms with Gasteiger partial charge in [0.05, 0.1) is 5.41 Å². The Balaban J connectivity index is 2.01. The van der Waals surface area contributed by atoms with Gasteiger partial charge in [-0.3, -0.25) is 4.79 Å². The average Bonchev–Trinajstić information content (AvgIpc) is 1.87. The van der Waals surface area contributed by atoms with Crippen LogP contribution in [-0.2, 0) is 4.79 Å². The second kappa shape index (κ2) is 1.13. The second-order valence-electron chi connectivity index (χ2n) is 4.10. The monoisotopic (exact) mass is 137 g/mol. The molecular weight excluding hydrogens is 126 g/mol. The lowest BCUT2D eigenvalue weighted by molar-refractivity contribution is -0.270. The molecule has 0 bridgehead atoms. The van der Waals surface area contributed by atoms with Crippen LogP contribution in [-0.4, -0.2) is 5.91 Å². The molecule has 0 heterocycles. The van der Waals surface area contributed by atoms with Gasteiger partial charge in [0.2, 0.25) is 5.91 Å². The Hall–Kier alpha value is -0.530. The highest BCUT2D eigenvalue weighted by atomic mass is 16.1. The number of carbonyl (C=O) groups is 1. The van der Waals surface area contributed by atoms with E-state index in [0.29, 0.717) is 17.8 Å². The van der Waals surface area contributed by atoms with Gasteiger partial charge in [0.25, 0.3) is 0 Å². The minimum Gasteiger partial charge on any atom is -0.369 e. The largest absolute Gasteiger partial charge is 0.369 e. The first kappa shape index (κ1) is 5.16.